The quantitative estimate of drug-likeness (QED) is 0.593. The monoisotopic (exact) mass is 363 g/mol. The van der Waals surface area contributed by atoms with E-state index in [2.05, 4.69) is 0 Å². The summed E-state index contributed by atoms with van der Waals surface area (Å²) in [6.45, 7) is 1.39. The van der Waals surface area contributed by atoms with E-state index in [9.17, 15) is 5.11 Å². The minimum Gasteiger partial charge on any atom is -0.394 e. The van der Waals surface area contributed by atoms with Crippen LogP contribution in [0.1, 0.15) is 13.3 Å². The lowest BCUT2D eigenvalue weighted by Gasteiger charge is -2.44. The van der Waals surface area contributed by atoms with E-state index in [1.165, 1.54) is 14.2 Å². The van der Waals surface area contributed by atoms with Crippen LogP contribution in [-0.2, 0) is 9.47 Å². The first-order valence-electron chi connectivity index (χ1n) is 6.03. The molecule has 0 aromatic carbocycles. The van der Waals surface area contributed by atoms with Gasteiger partial charge in [0, 0.05) is 25.7 Å². The maximum absolute atomic E-state index is 9.55. The number of fused-ring (bicyclic) bond motifs is 2. The Labute approximate surface area is 138 Å². The Morgan fingerprint density at radius 3 is 2.15 bits per heavy atom. The smallest absolute Gasteiger partial charge is 0.217 e. The topological polar surface area (TPSA) is 64.7 Å². The number of methoxy groups -OCH3 is 2. The molecule has 116 valence electrons. The predicted molar refractivity (Wildman–Crippen MR) is 80.4 cm³/mol. The number of nitrogens with two attached hydrogens (primary N) is 1. The average Bonchev–Trinajstić information content (AvgIpc) is 2.70. The third kappa shape index (κ3) is 1.60. The van der Waals surface area contributed by atoms with Crippen molar-refractivity contribution in [3.05, 3.63) is 10.1 Å². The number of ether oxygens (including phenoxy) is 2. The van der Waals surface area contributed by atoms with E-state index in [0.29, 0.717) is 0 Å². The third-order valence-corrected chi connectivity index (χ3v) is 7.12. The largest absolute Gasteiger partial charge is 0.394 e. The second-order valence-corrected chi connectivity index (χ2v) is 7.58. The normalized spacial score (nSPS) is 42.1. The number of rotatable bonds is 4. The van der Waals surface area contributed by atoms with Crippen molar-refractivity contribution in [1.82, 2.24) is 0 Å². The van der Waals surface area contributed by atoms with E-state index in [1.807, 2.05) is 0 Å². The van der Waals surface area contributed by atoms with E-state index in [0.717, 1.165) is 0 Å². The van der Waals surface area contributed by atoms with Gasteiger partial charge in [0.2, 0.25) is 5.79 Å². The summed E-state index contributed by atoms with van der Waals surface area (Å²) < 4.78 is 11.0. The minimum absolute atomic E-state index is 0.154. The minimum atomic E-state index is -1.45. The van der Waals surface area contributed by atoms with Crippen LogP contribution in [0.5, 0.6) is 0 Å². The lowest BCUT2D eigenvalue weighted by molar-refractivity contribution is -0.220. The number of halogens is 4. The maximum Gasteiger partial charge on any atom is 0.217 e. The van der Waals surface area contributed by atoms with Crippen molar-refractivity contribution in [1.29, 1.82) is 0 Å². The molecule has 0 radical (unpaired) electrons. The summed E-state index contributed by atoms with van der Waals surface area (Å²) in [6, 6.07) is 0. The van der Waals surface area contributed by atoms with Crippen molar-refractivity contribution in [3.8, 4) is 0 Å². The Balaban J connectivity index is 2.70. The zero-order valence-electron chi connectivity index (χ0n) is 11.3. The lowest BCUT2D eigenvalue weighted by Crippen LogP contribution is -2.61. The Bertz CT molecular complexity index is 466. The van der Waals surface area contributed by atoms with Crippen molar-refractivity contribution < 1.29 is 14.6 Å². The molecule has 20 heavy (non-hydrogen) atoms. The van der Waals surface area contributed by atoms with Crippen LogP contribution < -0.4 is 5.73 Å². The third-order valence-electron chi connectivity index (χ3n) is 4.54. The van der Waals surface area contributed by atoms with Crippen LogP contribution in [0.3, 0.4) is 0 Å². The van der Waals surface area contributed by atoms with Crippen LogP contribution in [0.4, 0.5) is 0 Å². The second kappa shape index (κ2) is 4.87. The van der Waals surface area contributed by atoms with Gasteiger partial charge in [-0.3, -0.25) is 0 Å². The fourth-order valence-corrected chi connectivity index (χ4v) is 5.64. The maximum atomic E-state index is 9.55. The van der Waals surface area contributed by atoms with Gasteiger partial charge in [0.1, 0.15) is 9.75 Å². The summed E-state index contributed by atoms with van der Waals surface area (Å²) in [4.78, 5) is -2.60. The summed E-state index contributed by atoms with van der Waals surface area (Å²) >= 11 is 26.0. The second-order valence-electron chi connectivity index (χ2n) is 5.59. The molecule has 2 aliphatic carbocycles. The molecule has 3 N–H and O–H groups in total. The first-order chi connectivity index (χ1) is 9.09. The van der Waals surface area contributed by atoms with Gasteiger partial charge in [0.25, 0.3) is 0 Å². The Hall–Kier alpha value is 0.740. The van der Waals surface area contributed by atoms with Gasteiger partial charge in [-0.15, -0.1) is 23.2 Å². The standard InChI is InChI=1S/C12H17Cl4NO3/c1-9(17,5-18)6-4-10(15)7(13)8(14)11(6,16)12(10,19-2)20-3/h6,18H,4-5,17H2,1-3H3/t6-,9-,10-,11+/m1/s1. The predicted octanol–water partition coefficient (Wildman–Crippen LogP) is 2.36. The van der Waals surface area contributed by atoms with Gasteiger partial charge < -0.3 is 20.3 Å². The summed E-state index contributed by atoms with van der Waals surface area (Å²) in [5.41, 5.74) is 5.15. The highest BCUT2D eigenvalue weighted by molar-refractivity contribution is 6.52. The van der Waals surface area contributed by atoms with Crippen LogP contribution in [0.25, 0.3) is 0 Å². The van der Waals surface area contributed by atoms with Gasteiger partial charge in [0.05, 0.1) is 16.7 Å². The molecule has 0 aromatic rings. The molecule has 0 aromatic heterocycles. The molecule has 0 heterocycles. The van der Waals surface area contributed by atoms with E-state index in [4.69, 9.17) is 61.6 Å². The van der Waals surface area contributed by atoms with Gasteiger partial charge in [-0.1, -0.05) is 23.2 Å². The Morgan fingerprint density at radius 1 is 1.30 bits per heavy atom. The molecule has 0 unspecified atom stereocenters. The SMILES string of the molecule is COC1(OC)[C@@]2(Cl)C[C@H]([C@](C)(N)CO)[C@]1(Cl)C(Cl)=C2Cl. The highest BCUT2D eigenvalue weighted by Gasteiger charge is 2.82. The summed E-state index contributed by atoms with van der Waals surface area (Å²) in [5.74, 6) is -1.92. The molecule has 8 heteroatoms. The van der Waals surface area contributed by atoms with E-state index < -0.39 is 27.0 Å². The fraction of sp³-hybridized carbons (Fsp3) is 0.833. The van der Waals surface area contributed by atoms with Crippen molar-refractivity contribution in [2.75, 3.05) is 20.8 Å². The first-order valence-corrected chi connectivity index (χ1v) is 7.54. The van der Waals surface area contributed by atoms with Gasteiger partial charge in [-0.2, -0.15) is 0 Å². The van der Waals surface area contributed by atoms with Crippen LogP contribution in [0.15, 0.2) is 10.1 Å². The highest BCUT2D eigenvalue weighted by Crippen LogP contribution is 2.72. The van der Waals surface area contributed by atoms with E-state index in [-0.39, 0.29) is 23.1 Å². The van der Waals surface area contributed by atoms with E-state index >= 15 is 0 Å². The molecular formula is C12H17Cl4NO3. The van der Waals surface area contributed by atoms with Crippen LogP contribution in [0, 0.1) is 5.92 Å². The average molecular weight is 365 g/mol. The number of hydrogen-bond donors (Lipinski definition) is 2. The Kier molecular flexibility index (Phi) is 4.16. The summed E-state index contributed by atoms with van der Waals surface area (Å²) in [5, 5.41) is 9.90. The summed E-state index contributed by atoms with van der Waals surface area (Å²) in [7, 11) is 2.85. The van der Waals surface area contributed by atoms with Gasteiger partial charge >= 0.3 is 0 Å². The molecule has 0 spiro atoms. The molecule has 0 amide bonds. The van der Waals surface area contributed by atoms with E-state index in [1.54, 1.807) is 6.92 Å². The van der Waals surface area contributed by atoms with Crippen LogP contribution in [-0.4, -0.2) is 47.0 Å². The van der Waals surface area contributed by atoms with Crippen molar-refractivity contribution in [2.45, 2.75) is 34.4 Å². The van der Waals surface area contributed by atoms with Crippen LogP contribution in [0.2, 0.25) is 0 Å². The number of alkyl halides is 2. The molecule has 4 nitrogen and oxygen atoms in total. The zero-order chi connectivity index (χ0) is 15.6. The number of aliphatic hydroxyl groups excluding tert-OH is 1. The number of hydrogen-bond acceptors (Lipinski definition) is 4. The van der Waals surface area contributed by atoms with Gasteiger partial charge in [0.15, 0.2) is 0 Å². The van der Waals surface area contributed by atoms with Crippen LogP contribution >= 0.6 is 46.4 Å². The van der Waals surface area contributed by atoms with Gasteiger partial charge in [-0.25, -0.2) is 0 Å². The molecule has 1 saturated carbocycles. The van der Waals surface area contributed by atoms with Crippen molar-refractivity contribution >= 4 is 46.4 Å². The molecule has 0 saturated heterocycles. The molecule has 1 fully saturated rings. The van der Waals surface area contributed by atoms with Crippen molar-refractivity contribution in [2.24, 2.45) is 11.7 Å². The Morgan fingerprint density at radius 2 is 1.80 bits per heavy atom. The first kappa shape index (κ1) is 17.1. The molecule has 0 aliphatic heterocycles. The molecule has 2 rings (SSSR count). The molecule has 2 bridgehead atoms. The van der Waals surface area contributed by atoms with Crippen molar-refractivity contribution in [3.63, 3.8) is 0 Å². The molecule has 4 atom stereocenters. The highest BCUT2D eigenvalue weighted by atomic mass is 35.5. The van der Waals surface area contributed by atoms with Gasteiger partial charge in [-0.05, 0) is 13.3 Å². The zero-order valence-corrected chi connectivity index (χ0v) is 14.4. The number of aliphatic hydroxyl groups is 1. The fourth-order valence-electron chi connectivity index (χ4n) is 3.44. The lowest BCUT2D eigenvalue weighted by atomic mass is 9.77. The summed E-state index contributed by atoms with van der Waals surface area (Å²) in [6.07, 6.45) is 0.280. The molecular weight excluding hydrogens is 348 g/mol. The molecule has 2 aliphatic rings.